The molecule has 0 saturated heterocycles. The Morgan fingerprint density at radius 2 is 1.31 bits per heavy atom. The van der Waals surface area contributed by atoms with Crippen molar-refractivity contribution in [3.8, 4) is 21.8 Å². The van der Waals surface area contributed by atoms with Gasteiger partial charge in [-0.3, -0.25) is 4.98 Å². The van der Waals surface area contributed by atoms with Crippen LogP contribution in [0.5, 0.6) is 0 Å². The molecular formula is C25H19IrN2S-. The van der Waals surface area contributed by atoms with Gasteiger partial charge in [-0.2, -0.15) is 0 Å². The molecule has 1 radical (unpaired) electrons. The second-order valence-electron chi connectivity index (χ2n) is 6.30. The van der Waals surface area contributed by atoms with Crippen LogP contribution in [-0.4, -0.2) is 9.97 Å². The van der Waals surface area contributed by atoms with E-state index < -0.39 is 0 Å². The van der Waals surface area contributed by atoms with Gasteiger partial charge in [-0.15, -0.1) is 23.6 Å². The third-order valence-electron chi connectivity index (χ3n) is 4.33. The smallest absolute Gasteiger partial charge is 0.0704 e. The number of aryl methyl sites for hydroxylation is 1. The van der Waals surface area contributed by atoms with Crippen molar-refractivity contribution in [2.75, 3.05) is 0 Å². The van der Waals surface area contributed by atoms with Crippen LogP contribution in [0.3, 0.4) is 0 Å². The van der Waals surface area contributed by atoms with Crippen LogP contribution in [0, 0.1) is 13.0 Å². The predicted octanol–water partition coefficient (Wildman–Crippen LogP) is 6.82. The Bertz CT molecular complexity index is 1140. The first-order valence-corrected chi connectivity index (χ1v) is 9.92. The number of pyridine rings is 2. The van der Waals surface area contributed by atoms with Crippen LogP contribution in [-0.2, 0) is 20.1 Å². The summed E-state index contributed by atoms with van der Waals surface area (Å²) >= 11 is 1.73. The van der Waals surface area contributed by atoms with Crippen molar-refractivity contribution >= 4 is 21.4 Å². The largest absolute Gasteiger partial charge is 0.303 e. The van der Waals surface area contributed by atoms with Gasteiger partial charge in [-0.05, 0) is 40.3 Å². The molecule has 0 saturated carbocycles. The number of thiophene rings is 1. The first-order chi connectivity index (χ1) is 13.8. The number of hydrogen-bond acceptors (Lipinski definition) is 3. The van der Waals surface area contributed by atoms with Crippen LogP contribution in [0.2, 0.25) is 0 Å². The van der Waals surface area contributed by atoms with Gasteiger partial charge >= 0.3 is 0 Å². The fraction of sp³-hybridized carbons (Fsp3) is 0.0400. The molecule has 5 rings (SSSR count). The Morgan fingerprint density at radius 3 is 1.97 bits per heavy atom. The molecule has 3 aromatic heterocycles. The monoisotopic (exact) mass is 572 g/mol. The topological polar surface area (TPSA) is 25.8 Å². The molecular weight excluding hydrogens is 553 g/mol. The van der Waals surface area contributed by atoms with Gasteiger partial charge in [0, 0.05) is 43.8 Å². The van der Waals surface area contributed by atoms with Gasteiger partial charge in [0.2, 0.25) is 0 Å². The molecule has 0 unspecified atom stereocenters. The van der Waals surface area contributed by atoms with Gasteiger partial charge in [-0.1, -0.05) is 54.6 Å². The Labute approximate surface area is 188 Å². The molecule has 0 amide bonds. The average molecular weight is 572 g/mol. The molecule has 0 N–H and O–H groups in total. The number of rotatable bonds is 2. The van der Waals surface area contributed by atoms with E-state index in [0.29, 0.717) is 0 Å². The number of hydrogen-bond donors (Lipinski definition) is 0. The summed E-state index contributed by atoms with van der Waals surface area (Å²) in [5.74, 6) is 0. The molecule has 2 aromatic carbocycles. The molecule has 5 aromatic rings. The second kappa shape index (κ2) is 10.2. The fourth-order valence-electron chi connectivity index (χ4n) is 2.91. The molecule has 2 nitrogen and oxygen atoms in total. The van der Waals surface area contributed by atoms with Crippen LogP contribution in [0.1, 0.15) is 5.56 Å². The normalized spacial score (nSPS) is 9.97. The van der Waals surface area contributed by atoms with Crippen LogP contribution in [0.25, 0.3) is 31.9 Å². The first-order valence-electron chi connectivity index (χ1n) is 9.10. The summed E-state index contributed by atoms with van der Waals surface area (Å²) in [4.78, 5) is 9.74. The third kappa shape index (κ3) is 5.24. The van der Waals surface area contributed by atoms with E-state index in [1.807, 2.05) is 67.0 Å². The van der Waals surface area contributed by atoms with E-state index in [1.54, 1.807) is 11.3 Å². The number of benzene rings is 2. The Hall–Kier alpha value is -2.65. The van der Waals surface area contributed by atoms with Gasteiger partial charge < -0.3 is 4.98 Å². The minimum absolute atomic E-state index is 0. The summed E-state index contributed by atoms with van der Waals surface area (Å²) in [6, 6.07) is 31.8. The van der Waals surface area contributed by atoms with E-state index in [-0.39, 0.29) is 20.1 Å². The van der Waals surface area contributed by atoms with Crippen molar-refractivity contribution in [3.63, 3.8) is 0 Å². The molecule has 0 atom stereocenters. The molecule has 0 fully saturated rings. The quantitative estimate of drug-likeness (QED) is 0.218. The summed E-state index contributed by atoms with van der Waals surface area (Å²) in [5.41, 5.74) is 4.52. The average Bonchev–Trinajstić information content (AvgIpc) is 3.20. The molecule has 0 aliphatic carbocycles. The van der Waals surface area contributed by atoms with E-state index >= 15 is 0 Å². The third-order valence-corrected chi connectivity index (χ3v) is 5.42. The predicted molar refractivity (Wildman–Crippen MR) is 118 cm³/mol. The molecule has 0 aliphatic rings. The first kappa shape index (κ1) is 21.1. The van der Waals surface area contributed by atoms with Crippen LogP contribution in [0.4, 0.5) is 0 Å². The van der Waals surface area contributed by atoms with Gasteiger partial charge in [0.05, 0.1) is 5.69 Å². The van der Waals surface area contributed by atoms with Crippen LogP contribution >= 0.6 is 11.3 Å². The van der Waals surface area contributed by atoms with Crippen molar-refractivity contribution in [2.24, 2.45) is 0 Å². The second-order valence-corrected chi connectivity index (χ2v) is 7.35. The summed E-state index contributed by atoms with van der Waals surface area (Å²) in [6.45, 7) is 2.10. The minimum atomic E-state index is 0. The minimum Gasteiger partial charge on any atom is -0.303 e. The fourth-order valence-corrected chi connectivity index (χ4v) is 3.89. The molecule has 3 heterocycles. The zero-order valence-electron chi connectivity index (χ0n) is 15.9. The van der Waals surface area contributed by atoms with Gasteiger partial charge in [0.15, 0.2) is 0 Å². The Morgan fingerprint density at radius 1 is 0.690 bits per heavy atom. The SMILES string of the molecule is Cc1ccccc1-c1ccccn1.[Ir].[c-]1c(-c2ccccn2)sc2ccccc12. The van der Waals surface area contributed by atoms with Gasteiger partial charge in [0.25, 0.3) is 0 Å². The van der Waals surface area contributed by atoms with Crippen LogP contribution in [0.15, 0.2) is 97.3 Å². The zero-order valence-corrected chi connectivity index (χ0v) is 19.1. The Balaban J connectivity index is 0.000000162. The standard InChI is InChI=1S/C13H8NS.C12H11N.Ir/c1-2-7-12-10(5-1)9-13(15-12)11-6-3-4-8-14-11;1-10-6-2-3-7-11(10)12-8-4-5-9-13-12;/h1-8H;2-9H,1H3;/q-1;;. The summed E-state index contributed by atoms with van der Waals surface area (Å²) in [5, 5.41) is 1.17. The van der Waals surface area contributed by atoms with Crippen LogP contribution < -0.4 is 0 Å². The number of aromatic nitrogens is 2. The zero-order chi connectivity index (χ0) is 19.2. The maximum Gasteiger partial charge on any atom is 0.0704 e. The van der Waals surface area contributed by atoms with Crippen molar-refractivity contribution in [1.29, 1.82) is 0 Å². The van der Waals surface area contributed by atoms with E-state index in [0.717, 1.165) is 16.3 Å². The molecule has 0 aliphatic heterocycles. The number of fused-ring (bicyclic) bond motifs is 1. The molecule has 0 spiro atoms. The Kier molecular flexibility index (Phi) is 7.42. The van der Waals surface area contributed by atoms with E-state index in [9.17, 15) is 0 Å². The van der Waals surface area contributed by atoms with Crippen molar-refractivity contribution < 1.29 is 20.1 Å². The van der Waals surface area contributed by atoms with E-state index in [2.05, 4.69) is 53.3 Å². The van der Waals surface area contributed by atoms with Crippen molar-refractivity contribution in [2.45, 2.75) is 6.92 Å². The maximum atomic E-state index is 4.32. The summed E-state index contributed by atoms with van der Waals surface area (Å²) in [6.07, 6.45) is 3.63. The molecule has 4 heteroatoms. The van der Waals surface area contributed by atoms with Gasteiger partial charge in [0.1, 0.15) is 0 Å². The molecule has 145 valence electrons. The molecule has 0 bridgehead atoms. The van der Waals surface area contributed by atoms with E-state index in [4.69, 9.17) is 0 Å². The number of nitrogens with zero attached hydrogens (tertiary/aromatic N) is 2. The molecule has 29 heavy (non-hydrogen) atoms. The van der Waals surface area contributed by atoms with Crippen molar-refractivity contribution in [1.82, 2.24) is 9.97 Å². The maximum absolute atomic E-state index is 4.32. The van der Waals surface area contributed by atoms with Gasteiger partial charge in [-0.25, -0.2) is 11.3 Å². The summed E-state index contributed by atoms with van der Waals surface area (Å²) in [7, 11) is 0. The van der Waals surface area contributed by atoms with E-state index in [1.165, 1.54) is 21.2 Å². The van der Waals surface area contributed by atoms with Crippen molar-refractivity contribution in [3.05, 3.63) is 109 Å². The summed E-state index contributed by atoms with van der Waals surface area (Å²) < 4.78 is 1.26.